The SMILES string of the molecule is COCCOCCCOc1c(Cl)cc(Cl)cc1CBr. The van der Waals surface area contributed by atoms with Crippen LogP contribution in [0.3, 0.4) is 0 Å². The number of benzene rings is 1. The topological polar surface area (TPSA) is 27.7 Å². The first-order chi connectivity index (χ1) is 9.19. The Labute approximate surface area is 132 Å². The second kappa shape index (κ2) is 9.83. The quantitative estimate of drug-likeness (QED) is 0.478. The minimum Gasteiger partial charge on any atom is -0.492 e. The minimum absolute atomic E-state index is 0.530. The number of ether oxygens (including phenoxy) is 3. The lowest BCUT2D eigenvalue weighted by Gasteiger charge is -2.12. The van der Waals surface area contributed by atoms with E-state index in [0.29, 0.717) is 47.6 Å². The Morgan fingerprint density at radius 3 is 2.58 bits per heavy atom. The van der Waals surface area contributed by atoms with Gasteiger partial charge in [0, 0.05) is 36.1 Å². The van der Waals surface area contributed by atoms with Gasteiger partial charge in [-0.3, -0.25) is 0 Å². The van der Waals surface area contributed by atoms with Crippen molar-refractivity contribution >= 4 is 39.1 Å². The van der Waals surface area contributed by atoms with Gasteiger partial charge < -0.3 is 14.2 Å². The normalized spacial score (nSPS) is 10.7. The molecule has 108 valence electrons. The Hall–Kier alpha value is -0.0000000000000000555. The van der Waals surface area contributed by atoms with E-state index in [9.17, 15) is 0 Å². The van der Waals surface area contributed by atoms with Crippen LogP contribution in [0.2, 0.25) is 10.0 Å². The minimum atomic E-state index is 0.530. The van der Waals surface area contributed by atoms with Crippen molar-refractivity contribution in [3.05, 3.63) is 27.7 Å². The zero-order valence-electron chi connectivity index (χ0n) is 10.8. The molecule has 1 aromatic carbocycles. The molecule has 0 N–H and O–H groups in total. The Morgan fingerprint density at radius 1 is 1.11 bits per heavy atom. The van der Waals surface area contributed by atoms with Crippen molar-refractivity contribution in [1.82, 2.24) is 0 Å². The maximum Gasteiger partial charge on any atom is 0.142 e. The second-order valence-corrected chi connectivity index (χ2v) is 5.22. The first-order valence-electron chi connectivity index (χ1n) is 5.92. The van der Waals surface area contributed by atoms with E-state index in [4.69, 9.17) is 37.4 Å². The van der Waals surface area contributed by atoms with E-state index in [-0.39, 0.29) is 0 Å². The van der Waals surface area contributed by atoms with Gasteiger partial charge >= 0.3 is 0 Å². The van der Waals surface area contributed by atoms with Crippen molar-refractivity contribution in [1.29, 1.82) is 0 Å². The van der Waals surface area contributed by atoms with Crippen LogP contribution in [0.5, 0.6) is 5.75 Å². The molecule has 0 saturated carbocycles. The molecule has 0 aromatic heterocycles. The molecule has 0 heterocycles. The Balaban J connectivity index is 2.36. The second-order valence-electron chi connectivity index (χ2n) is 3.82. The number of rotatable bonds is 9. The highest BCUT2D eigenvalue weighted by Crippen LogP contribution is 2.33. The molecule has 19 heavy (non-hydrogen) atoms. The third-order valence-electron chi connectivity index (χ3n) is 2.34. The average Bonchev–Trinajstić information content (AvgIpc) is 2.39. The van der Waals surface area contributed by atoms with E-state index in [2.05, 4.69) is 15.9 Å². The predicted molar refractivity (Wildman–Crippen MR) is 81.9 cm³/mol. The van der Waals surface area contributed by atoms with Gasteiger partial charge in [0.1, 0.15) is 5.75 Å². The summed E-state index contributed by atoms with van der Waals surface area (Å²) >= 11 is 15.4. The van der Waals surface area contributed by atoms with Gasteiger partial charge in [-0.1, -0.05) is 39.1 Å². The van der Waals surface area contributed by atoms with Crippen LogP contribution < -0.4 is 4.74 Å². The van der Waals surface area contributed by atoms with Crippen molar-refractivity contribution < 1.29 is 14.2 Å². The summed E-state index contributed by atoms with van der Waals surface area (Å²) in [6, 6.07) is 3.52. The summed E-state index contributed by atoms with van der Waals surface area (Å²) in [6.07, 6.45) is 0.796. The summed E-state index contributed by atoms with van der Waals surface area (Å²) in [5, 5.41) is 1.78. The zero-order chi connectivity index (χ0) is 14.1. The van der Waals surface area contributed by atoms with Crippen LogP contribution in [0.15, 0.2) is 12.1 Å². The lowest BCUT2D eigenvalue weighted by Crippen LogP contribution is -2.07. The number of methoxy groups -OCH3 is 1. The number of halogens is 3. The van der Waals surface area contributed by atoms with Crippen LogP contribution in [-0.2, 0) is 14.8 Å². The third kappa shape index (κ3) is 6.32. The van der Waals surface area contributed by atoms with E-state index >= 15 is 0 Å². The van der Waals surface area contributed by atoms with Crippen molar-refractivity contribution in [2.45, 2.75) is 11.8 Å². The fourth-order valence-electron chi connectivity index (χ4n) is 1.45. The molecule has 0 radical (unpaired) electrons. The molecular formula is C13H17BrCl2O3. The summed E-state index contributed by atoms with van der Waals surface area (Å²) in [4.78, 5) is 0. The lowest BCUT2D eigenvalue weighted by molar-refractivity contribution is 0.0644. The number of alkyl halides is 1. The summed E-state index contributed by atoms with van der Waals surface area (Å²) in [7, 11) is 1.65. The van der Waals surface area contributed by atoms with E-state index in [1.807, 2.05) is 6.07 Å². The zero-order valence-corrected chi connectivity index (χ0v) is 13.9. The van der Waals surface area contributed by atoms with Crippen LogP contribution >= 0.6 is 39.1 Å². The van der Waals surface area contributed by atoms with E-state index in [1.165, 1.54) is 0 Å². The van der Waals surface area contributed by atoms with E-state index in [0.717, 1.165) is 12.0 Å². The Morgan fingerprint density at radius 2 is 1.89 bits per heavy atom. The van der Waals surface area contributed by atoms with Crippen molar-refractivity contribution in [3.63, 3.8) is 0 Å². The molecule has 0 bridgehead atoms. The molecule has 6 heteroatoms. The number of hydrogen-bond donors (Lipinski definition) is 0. The molecule has 0 saturated heterocycles. The highest BCUT2D eigenvalue weighted by Gasteiger charge is 2.09. The Kier molecular flexibility index (Phi) is 8.83. The largest absolute Gasteiger partial charge is 0.492 e. The van der Waals surface area contributed by atoms with Gasteiger partial charge in [-0.2, -0.15) is 0 Å². The summed E-state index contributed by atoms with van der Waals surface area (Å²) in [5.41, 5.74) is 0.942. The number of hydrogen-bond acceptors (Lipinski definition) is 3. The summed E-state index contributed by atoms with van der Waals surface area (Å²) in [5.74, 6) is 0.680. The molecule has 0 atom stereocenters. The third-order valence-corrected chi connectivity index (χ3v) is 3.44. The first kappa shape index (κ1) is 17.1. The summed E-state index contributed by atoms with van der Waals surface area (Å²) < 4.78 is 15.9. The highest BCUT2D eigenvalue weighted by atomic mass is 79.9. The van der Waals surface area contributed by atoms with E-state index in [1.54, 1.807) is 13.2 Å². The molecule has 0 aliphatic carbocycles. The van der Waals surface area contributed by atoms with Crippen molar-refractivity contribution in [2.75, 3.05) is 33.5 Å². The van der Waals surface area contributed by atoms with Crippen LogP contribution in [0.4, 0.5) is 0 Å². The molecular weight excluding hydrogens is 355 g/mol. The molecule has 0 amide bonds. The highest BCUT2D eigenvalue weighted by molar-refractivity contribution is 9.08. The van der Waals surface area contributed by atoms with Gasteiger partial charge in [0.15, 0.2) is 0 Å². The van der Waals surface area contributed by atoms with Crippen LogP contribution in [0.1, 0.15) is 12.0 Å². The smallest absolute Gasteiger partial charge is 0.142 e. The molecule has 1 aromatic rings. The van der Waals surface area contributed by atoms with Gasteiger partial charge in [-0.05, 0) is 12.1 Å². The van der Waals surface area contributed by atoms with Crippen LogP contribution in [-0.4, -0.2) is 33.5 Å². The summed E-state index contributed by atoms with van der Waals surface area (Å²) in [6.45, 7) is 2.40. The molecule has 3 nitrogen and oxygen atoms in total. The molecule has 0 aliphatic heterocycles. The Bertz CT molecular complexity index is 388. The van der Waals surface area contributed by atoms with Gasteiger partial charge in [0.05, 0.1) is 24.8 Å². The molecule has 0 unspecified atom stereocenters. The van der Waals surface area contributed by atoms with Gasteiger partial charge in [0.25, 0.3) is 0 Å². The van der Waals surface area contributed by atoms with Crippen LogP contribution in [0.25, 0.3) is 0 Å². The molecule has 1 rings (SSSR count). The molecule has 0 fully saturated rings. The van der Waals surface area contributed by atoms with Gasteiger partial charge in [-0.15, -0.1) is 0 Å². The molecule has 0 aliphatic rings. The van der Waals surface area contributed by atoms with Crippen molar-refractivity contribution in [3.8, 4) is 5.75 Å². The lowest BCUT2D eigenvalue weighted by atomic mass is 10.2. The van der Waals surface area contributed by atoms with Crippen LogP contribution in [0, 0.1) is 0 Å². The molecule has 0 spiro atoms. The van der Waals surface area contributed by atoms with Crippen molar-refractivity contribution in [2.24, 2.45) is 0 Å². The average molecular weight is 372 g/mol. The fraction of sp³-hybridized carbons (Fsp3) is 0.538. The van der Waals surface area contributed by atoms with E-state index < -0.39 is 0 Å². The maximum atomic E-state index is 6.12. The van der Waals surface area contributed by atoms with Gasteiger partial charge in [0.2, 0.25) is 0 Å². The van der Waals surface area contributed by atoms with Gasteiger partial charge in [-0.25, -0.2) is 0 Å². The fourth-order valence-corrected chi connectivity index (χ4v) is 2.46. The first-order valence-corrected chi connectivity index (χ1v) is 7.80. The monoisotopic (exact) mass is 370 g/mol. The maximum absolute atomic E-state index is 6.12. The standard InChI is InChI=1S/C13H17BrCl2O3/c1-17-5-6-18-3-2-4-19-13-10(9-14)7-11(15)8-12(13)16/h7-8H,2-6,9H2,1H3. The predicted octanol–water partition coefficient (Wildman–Crippen LogP) is 4.32.